The first-order valence-corrected chi connectivity index (χ1v) is 9.58. The average Bonchev–Trinajstić information content (AvgIpc) is 3.04. The fourth-order valence-electron chi connectivity index (χ4n) is 3.86. The van der Waals surface area contributed by atoms with E-state index in [9.17, 15) is 14.7 Å². The monoisotopic (exact) mass is 428 g/mol. The van der Waals surface area contributed by atoms with E-state index in [0.717, 1.165) is 35.3 Å². The number of ether oxygens (including phenoxy) is 1. The molecule has 9 heteroatoms. The van der Waals surface area contributed by atoms with Gasteiger partial charge in [0.2, 0.25) is 0 Å². The predicted octanol–water partition coefficient (Wildman–Crippen LogP) is -2.04. The van der Waals surface area contributed by atoms with Crippen LogP contribution in [0.1, 0.15) is 23.5 Å². The normalized spacial score (nSPS) is 25.4. The molecule has 2 saturated heterocycles. The first-order chi connectivity index (χ1) is 12.5. The summed E-state index contributed by atoms with van der Waals surface area (Å²) in [4.78, 5) is 27.0. The van der Waals surface area contributed by atoms with Crippen LogP contribution in [0.5, 0.6) is 0 Å². The molecule has 2 atom stereocenters. The molecule has 0 radical (unpaired) electrons. The van der Waals surface area contributed by atoms with Crippen LogP contribution in [0.15, 0.2) is 23.1 Å². The summed E-state index contributed by atoms with van der Waals surface area (Å²) in [6.07, 6.45) is 2.78. The maximum Gasteiger partial charge on any atom is 1.00 e. The summed E-state index contributed by atoms with van der Waals surface area (Å²) in [6.45, 7) is 0.977. The Morgan fingerprint density at radius 2 is 2.26 bits per heavy atom. The van der Waals surface area contributed by atoms with Crippen LogP contribution in [0.2, 0.25) is 0 Å². The van der Waals surface area contributed by atoms with Crippen molar-refractivity contribution in [3.63, 3.8) is 0 Å². The maximum absolute atomic E-state index is 12.4. The number of carboxylic acids is 1. The van der Waals surface area contributed by atoms with Gasteiger partial charge in [0.15, 0.2) is 0 Å². The van der Waals surface area contributed by atoms with Gasteiger partial charge in [-0.3, -0.25) is 9.69 Å². The Bertz CT molecular complexity index is 845. The minimum atomic E-state index is -1.33. The summed E-state index contributed by atoms with van der Waals surface area (Å²) in [5.41, 5.74) is 3.33. The molecule has 2 fully saturated rings. The van der Waals surface area contributed by atoms with Gasteiger partial charge in [-0.25, -0.2) is 0 Å². The van der Waals surface area contributed by atoms with Gasteiger partial charge in [0.25, 0.3) is 5.91 Å². The number of rotatable bonds is 3. The number of amides is 1. The minimum absolute atomic E-state index is 0. The van der Waals surface area contributed by atoms with Crippen molar-refractivity contribution in [2.24, 2.45) is 0 Å². The molecule has 0 aliphatic carbocycles. The molecule has 0 bridgehead atoms. The van der Waals surface area contributed by atoms with Crippen LogP contribution >= 0.6 is 24.0 Å². The van der Waals surface area contributed by atoms with Crippen molar-refractivity contribution in [1.29, 1.82) is 0 Å². The molecule has 3 aliphatic rings. The molecule has 3 heterocycles. The van der Waals surface area contributed by atoms with Gasteiger partial charge in [-0.15, -0.1) is 0 Å². The van der Waals surface area contributed by atoms with Crippen molar-refractivity contribution in [3.8, 4) is 0 Å². The zero-order valence-corrected chi connectivity index (χ0v) is 19.9. The van der Waals surface area contributed by atoms with Crippen molar-refractivity contribution in [1.82, 2.24) is 4.90 Å². The summed E-state index contributed by atoms with van der Waals surface area (Å²) < 4.78 is 5.90. The third-order valence-electron chi connectivity index (χ3n) is 5.11. The Morgan fingerprint density at radius 1 is 1.48 bits per heavy atom. The van der Waals surface area contributed by atoms with E-state index in [4.69, 9.17) is 17.0 Å². The average molecular weight is 429 g/mol. The number of hydrogen-bond acceptors (Lipinski definition) is 7. The number of nitrogens with zero attached hydrogens (tertiary/aromatic N) is 2. The Morgan fingerprint density at radius 3 is 3.00 bits per heavy atom. The van der Waals surface area contributed by atoms with Gasteiger partial charge in [-0.05, 0) is 35.8 Å². The Kier molecular flexibility index (Phi) is 6.85. The second-order valence-electron chi connectivity index (χ2n) is 6.61. The molecule has 0 aromatic heterocycles. The van der Waals surface area contributed by atoms with Crippen LogP contribution in [-0.2, 0) is 14.3 Å². The molecule has 3 aliphatic heterocycles. The molecule has 6 nitrogen and oxygen atoms in total. The quantitative estimate of drug-likeness (QED) is 0.312. The fourth-order valence-corrected chi connectivity index (χ4v) is 5.12. The molecule has 0 N–H and O–H groups in total. The summed E-state index contributed by atoms with van der Waals surface area (Å²) in [5, 5.41) is 10.8. The summed E-state index contributed by atoms with van der Waals surface area (Å²) in [5.74, 6) is -1.38. The van der Waals surface area contributed by atoms with Gasteiger partial charge in [0.1, 0.15) is 4.32 Å². The molecule has 136 valence electrons. The molecule has 2 unspecified atom stereocenters. The molecule has 27 heavy (non-hydrogen) atoms. The van der Waals surface area contributed by atoms with E-state index in [1.807, 2.05) is 6.07 Å². The first-order valence-electron chi connectivity index (χ1n) is 8.35. The van der Waals surface area contributed by atoms with Crippen LogP contribution in [0, 0.1) is 0 Å². The minimum Gasteiger partial charge on any atom is -0.548 e. The summed E-state index contributed by atoms with van der Waals surface area (Å²) in [6, 6.07) is 6.59. The van der Waals surface area contributed by atoms with Gasteiger partial charge in [0, 0.05) is 31.3 Å². The second-order valence-corrected chi connectivity index (χ2v) is 8.28. The first kappa shape index (κ1) is 21.4. The molecular weight excluding hydrogens is 411 g/mol. The predicted molar refractivity (Wildman–Crippen MR) is 102 cm³/mol. The largest absolute Gasteiger partial charge is 1.00 e. The number of thiocarbonyl (C=S) groups is 1. The van der Waals surface area contributed by atoms with E-state index in [2.05, 4.69) is 24.1 Å². The van der Waals surface area contributed by atoms with Crippen LogP contribution in [-0.4, -0.2) is 53.9 Å². The van der Waals surface area contributed by atoms with Crippen LogP contribution in [0.3, 0.4) is 0 Å². The number of carbonyl (C=O) groups excluding carboxylic acids is 2. The number of likely N-dealkylation sites (N-methyl/N-ethyl adjacent to an activating group) is 1. The number of carboxylic acid groups (broad SMARTS) is 1. The van der Waals surface area contributed by atoms with E-state index in [0.29, 0.717) is 23.5 Å². The van der Waals surface area contributed by atoms with Crippen LogP contribution in [0.25, 0.3) is 6.08 Å². The number of carbonyl (C=O) groups is 2. The molecular formula is C18H17KN2O4S2. The SMILES string of the molecule is CN1c2ccc(/C=C3\SC(=S)N(CC(=O)[O-])C3=O)cc2C2COCCC21.[K+]. The maximum atomic E-state index is 12.4. The standard InChI is InChI=1S/C18H18N2O4S2.K/c1-19-13-3-2-10(6-11(13)12-9-24-5-4-14(12)19)7-15-17(23)20(8-16(21)22)18(25)26-15;/h2-3,6-7,12,14H,4-5,8-9H2,1H3,(H,21,22);/q;+1/p-1/b15-7-;. The van der Waals surface area contributed by atoms with Crippen molar-refractivity contribution < 1.29 is 70.8 Å². The van der Waals surface area contributed by atoms with E-state index in [1.54, 1.807) is 6.08 Å². The van der Waals surface area contributed by atoms with Crippen molar-refractivity contribution in [2.75, 3.05) is 31.7 Å². The molecule has 1 aromatic carbocycles. The van der Waals surface area contributed by atoms with Gasteiger partial charge in [-0.2, -0.15) is 0 Å². The fraction of sp³-hybridized carbons (Fsp3) is 0.389. The topological polar surface area (TPSA) is 72.9 Å². The van der Waals surface area contributed by atoms with Gasteiger partial charge < -0.3 is 19.5 Å². The van der Waals surface area contributed by atoms with E-state index >= 15 is 0 Å². The summed E-state index contributed by atoms with van der Waals surface area (Å²) >= 11 is 6.23. The van der Waals surface area contributed by atoms with E-state index in [1.165, 1.54) is 11.3 Å². The Labute approximate surface area is 209 Å². The molecule has 1 amide bonds. The van der Waals surface area contributed by atoms with Gasteiger partial charge in [0.05, 0.1) is 24.0 Å². The van der Waals surface area contributed by atoms with E-state index in [-0.39, 0.29) is 61.6 Å². The zero-order chi connectivity index (χ0) is 18.4. The Balaban J connectivity index is 0.00000210. The number of fused-ring (bicyclic) bond motifs is 3. The van der Waals surface area contributed by atoms with Crippen LogP contribution < -0.4 is 61.4 Å². The number of benzene rings is 1. The molecule has 0 spiro atoms. The number of hydrogen-bond donors (Lipinski definition) is 0. The molecule has 1 aromatic rings. The third-order valence-corrected chi connectivity index (χ3v) is 6.48. The van der Waals surface area contributed by atoms with Crippen molar-refractivity contribution >= 4 is 51.9 Å². The smallest absolute Gasteiger partial charge is 0.548 e. The van der Waals surface area contributed by atoms with Crippen LogP contribution in [0.4, 0.5) is 5.69 Å². The summed E-state index contributed by atoms with van der Waals surface area (Å²) in [7, 11) is 2.11. The van der Waals surface area contributed by atoms with E-state index < -0.39 is 12.5 Å². The zero-order valence-electron chi connectivity index (χ0n) is 15.1. The number of aliphatic carboxylic acids is 1. The van der Waals surface area contributed by atoms with Gasteiger partial charge >= 0.3 is 51.4 Å². The van der Waals surface area contributed by atoms with Crippen molar-refractivity contribution in [2.45, 2.75) is 18.4 Å². The van der Waals surface area contributed by atoms with Crippen molar-refractivity contribution in [3.05, 3.63) is 34.2 Å². The molecule has 0 saturated carbocycles. The second kappa shape index (κ2) is 8.62. The number of thioether (sulfide) groups is 1. The third kappa shape index (κ3) is 4.06. The van der Waals surface area contributed by atoms with Gasteiger partial charge in [-0.1, -0.05) is 30.0 Å². The Hall–Kier alpha value is -0.264. The molecule has 4 rings (SSSR count). The number of anilines is 1.